The summed E-state index contributed by atoms with van der Waals surface area (Å²) in [6.45, 7) is 5.23. The Morgan fingerprint density at radius 3 is 2.32 bits per heavy atom. The van der Waals surface area contributed by atoms with Gasteiger partial charge in [0.25, 0.3) is 5.91 Å². The first kappa shape index (κ1) is 19.8. The molecule has 2 amide bonds. The summed E-state index contributed by atoms with van der Waals surface area (Å²) < 4.78 is 18.4. The third-order valence-corrected chi connectivity index (χ3v) is 4.62. The first-order chi connectivity index (χ1) is 13.6. The molecule has 1 N–H and O–H groups in total. The van der Waals surface area contributed by atoms with Gasteiger partial charge in [0.1, 0.15) is 12.4 Å². The molecule has 1 fully saturated rings. The lowest BCUT2D eigenvalue weighted by molar-refractivity contribution is -0.116. The summed E-state index contributed by atoms with van der Waals surface area (Å²) in [6.07, 6.45) is 0. The number of likely N-dealkylation sites (N-methyl/N-ethyl adjacent to an activating group) is 1. The van der Waals surface area contributed by atoms with E-state index < -0.39 is 5.82 Å². The Hall–Kier alpha value is -2.93. The van der Waals surface area contributed by atoms with E-state index in [-0.39, 0.29) is 18.4 Å². The Bertz CT molecular complexity index is 803. The van der Waals surface area contributed by atoms with E-state index in [0.29, 0.717) is 31.0 Å². The van der Waals surface area contributed by atoms with Gasteiger partial charge in [-0.15, -0.1) is 0 Å². The van der Waals surface area contributed by atoms with E-state index in [1.165, 1.54) is 29.2 Å². The molecule has 0 bridgehead atoms. The number of ether oxygens (including phenoxy) is 1. The normalized spacial score (nSPS) is 13.9. The molecule has 2 aromatic rings. The predicted molar refractivity (Wildman–Crippen MR) is 106 cm³/mol. The first-order valence-electron chi connectivity index (χ1n) is 9.34. The maximum atomic E-state index is 13.0. The summed E-state index contributed by atoms with van der Waals surface area (Å²) in [4.78, 5) is 28.5. The number of hydrogen-bond donors (Lipinski definition) is 1. The van der Waals surface area contributed by atoms with Gasteiger partial charge >= 0.3 is 0 Å². The molecule has 28 heavy (non-hydrogen) atoms. The molecule has 0 unspecified atom stereocenters. The number of nitrogens with zero attached hydrogens (tertiary/aromatic N) is 2. The zero-order chi connectivity index (χ0) is 19.9. The van der Waals surface area contributed by atoms with Gasteiger partial charge in [0, 0.05) is 36.6 Å². The van der Waals surface area contributed by atoms with Crippen LogP contribution in [0, 0.1) is 5.82 Å². The van der Waals surface area contributed by atoms with E-state index in [0.717, 1.165) is 18.8 Å². The fourth-order valence-corrected chi connectivity index (χ4v) is 3.05. The quantitative estimate of drug-likeness (QED) is 0.831. The van der Waals surface area contributed by atoms with Crippen molar-refractivity contribution in [2.24, 2.45) is 0 Å². The predicted octanol–water partition coefficient (Wildman–Crippen LogP) is 2.76. The van der Waals surface area contributed by atoms with Crippen LogP contribution in [0.4, 0.5) is 15.8 Å². The Kier molecular flexibility index (Phi) is 6.60. The number of nitrogens with one attached hydrogen (secondary N) is 1. The molecule has 7 heteroatoms. The number of halogens is 1. The lowest BCUT2D eigenvalue weighted by atomic mass is 10.2. The van der Waals surface area contributed by atoms with Crippen molar-refractivity contribution in [1.29, 1.82) is 0 Å². The van der Waals surface area contributed by atoms with Crippen molar-refractivity contribution in [1.82, 2.24) is 4.90 Å². The van der Waals surface area contributed by atoms with E-state index in [1.807, 2.05) is 24.3 Å². The molecular weight excluding hydrogens is 361 g/mol. The van der Waals surface area contributed by atoms with Gasteiger partial charge in [-0.3, -0.25) is 9.59 Å². The summed E-state index contributed by atoms with van der Waals surface area (Å²) in [6, 6.07) is 12.9. The third-order valence-electron chi connectivity index (χ3n) is 4.62. The molecule has 1 aliphatic rings. The van der Waals surface area contributed by atoms with Crippen molar-refractivity contribution in [3.8, 4) is 0 Å². The molecule has 0 aromatic heterocycles. The number of anilines is 2. The molecule has 0 spiro atoms. The van der Waals surface area contributed by atoms with Gasteiger partial charge in [0.15, 0.2) is 0 Å². The second-order valence-corrected chi connectivity index (χ2v) is 6.52. The topological polar surface area (TPSA) is 61.9 Å². The number of carbonyl (C=O) groups is 2. The molecule has 1 saturated heterocycles. The third kappa shape index (κ3) is 5.07. The van der Waals surface area contributed by atoms with Crippen LogP contribution in [-0.2, 0) is 9.53 Å². The smallest absolute Gasteiger partial charge is 0.254 e. The Morgan fingerprint density at radius 1 is 1.07 bits per heavy atom. The van der Waals surface area contributed by atoms with Crippen LogP contribution in [0.5, 0.6) is 0 Å². The number of carbonyl (C=O) groups excluding carboxylic acids is 2. The molecule has 0 saturated carbocycles. The van der Waals surface area contributed by atoms with Crippen LogP contribution < -0.4 is 10.2 Å². The highest BCUT2D eigenvalue weighted by molar-refractivity contribution is 5.99. The summed E-state index contributed by atoms with van der Waals surface area (Å²) in [5, 5.41) is 2.82. The average Bonchev–Trinajstić information content (AvgIpc) is 2.73. The highest BCUT2D eigenvalue weighted by atomic mass is 19.1. The number of benzene rings is 2. The van der Waals surface area contributed by atoms with E-state index in [4.69, 9.17) is 4.74 Å². The molecule has 2 aromatic carbocycles. The fourth-order valence-electron chi connectivity index (χ4n) is 3.05. The molecule has 148 valence electrons. The second kappa shape index (κ2) is 9.32. The van der Waals surface area contributed by atoms with Crippen LogP contribution in [0.25, 0.3) is 0 Å². The molecule has 1 aliphatic heterocycles. The van der Waals surface area contributed by atoms with Gasteiger partial charge in [-0.1, -0.05) is 0 Å². The minimum atomic E-state index is -0.405. The highest BCUT2D eigenvalue weighted by Gasteiger charge is 2.18. The van der Waals surface area contributed by atoms with Crippen molar-refractivity contribution in [2.45, 2.75) is 6.92 Å². The van der Waals surface area contributed by atoms with Crippen molar-refractivity contribution in [2.75, 3.05) is 49.6 Å². The zero-order valence-electron chi connectivity index (χ0n) is 15.9. The van der Waals surface area contributed by atoms with Crippen LogP contribution in [0.3, 0.4) is 0 Å². The number of amides is 2. The molecule has 6 nitrogen and oxygen atoms in total. The van der Waals surface area contributed by atoms with E-state index in [9.17, 15) is 14.0 Å². The highest BCUT2D eigenvalue weighted by Crippen LogP contribution is 2.19. The number of rotatable bonds is 6. The summed E-state index contributed by atoms with van der Waals surface area (Å²) in [5.74, 6) is -0.991. The molecular formula is C21H24FN3O3. The fraction of sp³-hybridized carbons (Fsp3) is 0.333. The molecule has 3 rings (SSSR count). The summed E-state index contributed by atoms with van der Waals surface area (Å²) in [5.41, 5.74) is 2.11. The van der Waals surface area contributed by atoms with Crippen LogP contribution >= 0.6 is 0 Å². The number of morpholine rings is 1. The largest absolute Gasteiger partial charge is 0.378 e. The second-order valence-electron chi connectivity index (χ2n) is 6.52. The standard InChI is InChI=1S/C21H24FN3O3/c1-2-24(21(27)16-3-5-17(22)6-4-16)15-20(26)23-18-7-9-19(10-8-18)25-11-13-28-14-12-25/h3-10H,2,11-15H2,1H3,(H,23,26). The van der Waals surface area contributed by atoms with Crippen LogP contribution in [0.2, 0.25) is 0 Å². The first-order valence-corrected chi connectivity index (χ1v) is 9.34. The lowest BCUT2D eigenvalue weighted by Gasteiger charge is -2.29. The van der Waals surface area contributed by atoms with Gasteiger partial charge in [0.2, 0.25) is 5.91 Å². The molecule has 0 atom stereocenters. The minimum Gasteiger partial charge on any atom is -0.378 e. The van der Waals surface area contributed by atoms with Crippen LogP contribution in [0.15, 0.2) is 48.5 Å². The zero-order valence-corrected chi connectivity index (χ0v) is 15.9. The van der Waals surface area contributed by atoms with Crippen LogP contribution in [0.1, 0.15) is 17.3 Å². The number of hydrogen-bond acceptors (Lipinski definition) is 4. The van der Waals surface area contributed by atoms with Crippen molar-refractivity contribution >= 4 is 23.2 Å². The summed E-state index contributed by atoms with van der Waals surface area (Å²) >= 11 is 0. The molecule has 1 heterocycles. The SMILES string of the molecule is CCN(CC(=O)Nc1ccc(N2CCOCC2)cc1)C(=O)c1ccc(F)cc1. The van der Waals surface area contributed by atoms with E-state index in [1.54, 1.807) is 6.92 Å². The van der Waals surface area contributed by atoms with Crippen LogP contribution in [-0.4, -0.2) is 56.1 Å². The maximum Gasteiger partial charge on any atom is 0.254 e. The lowest BCUT2D eigenvalue weighted by Crippen LogP contribution is -2.38. The van der Waals surface area contributed by atoms with Crippen molar-refractivity contribution < 1.29 is 18.7 Å². The Balaban J connectivity index is 1.57. The monoisotopic (exact) mass is 385 g/mol. The van der Waals surface area contributed by atoms with Gasteiger partial charge < -0.3 is 19.9 Å². The van der Waals surface area contributed by atoms with Gasteiger partial charge in [-0.2, -0.15) is 0 Å². The van der Waals surface area contributed by atoms with Gasteiger partial charge in [-0.05, 0) is 55.5 Å². The van der Waals surface area contributed by atoms with E-state index in [2.05, 4.69) is 10.2 Å². The maximum absolute atomic E-state index is 13.0. The minimum absolute atomic E-state index is 0.0715. The van der Waals surface area contributed by atoms with Crippen molar-refractivity contribution in [3.63, 3.8) is 0 Å². The van der Waals surface area contributed by atoms with Crippen molar-refractivity contribution in [3.05, 3.63) is 59.9 Å². The Labute approximate surface area is 163 Å². The van der Waals surface area contributed by atoms with Gasteiger partial charge in [-0.25, -0.2) is 4.39 Å². The van der Waals surface area contributed by atoms with E-state index >= 15 is 0 Å². The molecule has 0 radical (unpaired) electrons. The average molecular weight is 385 g/mol. The Morgan fingerprint density at radius 2 is 1.71 bits per heavy atom. The summed E-state index contributed by atoms with van der Waals surface area (Å²) in [7, 11) is 0. The molecule has 0 aliphatic carbocycles. The van der Waals surface area contributed by atoms with Gasteiger partial charge in [0.05, 0.1) is 13.2 Å².